The van der Waals surface area contributed by atoms with Gasteiger partial charge in [0.25, 0.3) is 0 Å². The summed E-state index contributed by atoms with van der Waals surface area (Å²) in [7, 11) is -2.44. The minimum atomic E-state index is -2.44. The van der Waals surface area contributed by atoms with Gasteiger partial charge in [0.2, 0.25) is 5.52 Å². The fourth-order valence-corrected chi connectivity index (χ4v) is 4.47. The van der Waals surface area contributed by atoms with Crippen molar-refractivity contribution >= 4 is 24.2 Å². The summed E-state index contributed by atoms with van der Waals surface area (Å²) in [5.74, 6) is 0. The number of aryl methyl sites for hydroxylation is 3. The third kappa shape index (κ3) is 5.65. The molecular formula is C25H27O2P. The second-order valence-corrected chi connectivity index (χ2v) is 8.63. The van der Waals surface area contributed by atoms with Gasteiger partial charge < -0.3 is 4.57 Å². The molecule has 0 aliphatic rings. The fourth-order valence-electron chi connectivity index (χ4n) is 3.10. The van der Waals surface area contributed by atoms with Crippen molar-refractivity contribution in [2.24, 2.45) is 0 Å². The van der Waals surface area contributed by atoms with E-state index in [4.69, 9.17) is 0 Å². The van der Waals surface area contributed by atoms with E-state index in [0.717, 1.165) is 22.3 Å². The van der Waals surface area contributed by atoms with Gasteiger partial charge in [-0.3, -0.25) is 4.79 Å². The number of benzene rings is 3. The van der Waals surface area contributed by atoms with Crippen LogP contribution in [0.5, 0.6) is 0 Å². The van der Waals surface area contributed by atoms with Crippen molar-refractivity contribution in [2.75, 3.05) is 0 Å². The molecule has 3 aromatic carbocycles. The largest absolute Gasteiger partial charge is 0.313 e. The Kier molecular flexibility index (Phi) is 7.72. The van der Waals surface area contributed by atoms with Crippen LogP contribution in [-0.4, -0.2) is 5.52 Å². The first-order valence-electron chi connectivity index (χ1n) is 9.24. The van der Waals surface area contributed by atoms with E-state index in [-0.39, 0.29) is 5.52 Å². The Labute approximate surface area is 168 Å². The van der Waals surface area contributed by atoms with Crippen LogP contribution in [0.25, 0.3) is 5.57 Å². The summed E-state index contributed by atoms with van der Waals surface area (Å²) in [4.78, 5) is 12.4. The Morgan fingerprint density at radius 3 is 1.71 bits per heavy atom. The van der Waals surface area contributed by atoms with Gasteiger partial charge in [-0.25, -0.2) is 0 Å². The molecule has 0 saturated heterocycles. The molecular weight excluding hydrogens is 363 g/mol. The summed E-state index contributed by atoms with van der Waals surface area (Å²) < 4.78 is 12.4. The second kappa shape index (κ2) is 10.0. The van der Waals surface area contributed by atoms with E-state index in [2.05, 4.69) is 18.7 Å². The molecule has 3 heteroatoms. The summed E-state index contributed by atoms with van der Waals surface area (Å²) in [5.41, 5.74) is 5.62. The molecule has 1 atom stereocenters. The van der Waals surface area contributed by atoms with E-state index >= 15 is 0 Å². The van der Waals surface area contributed by atoms with E-state index in [1.165, 1.54) is 5.56 Å². The van der Waals surface area contributed by atoms with Crippen LogP contribution in [0.1, 0.15) is 39.5 Å². The number of rotatable bonds is 4. The van der Waals surface area contributed by atoms with E-state index in [9.17, 15) is 9.36 Å². The topological polar surface area (TPSA) is 34.1 Å². The van der Waals surface area contributed by atoms with Crippen molar-refractivity contribution < 1.29 is 9.36 Å². The zero-order valence-electron chi connectivity index (χ0n) is 17.0. The molecule has 0 aliphatic carbocycles. The van der Waals surface area contributed by atoms with E-state index in [1.54, 1.807) is 24.3 Å². The summed E-state index contributed by atoms with van der Waals surface area (Å²) in [6.45, 7) is 11.6. The standard InChI is InChI=1S/C16H17O2P.C9H10/c1-11-9-12(2)15(13(3)10-11)16(17)19(18)14-7-5-4-6-8-14;1-8(2)9-6-4-3-5-7-9/h4-10,19H,1-3H3;3-7H,1H2,2H3. The zero-order valence-corrected chi connectivity index (χ0v) is 18.0. The quantitative estimate of drug-likeness (QED) is 0.486. The number of carbonyl (C=O) groups is 1. The second-order valence-electron chi connectivity index (χ2n) is 6.94. The molecule has 3 rings (SSSR count). The maximum Gasteiger partial charge on any atom is 0.223 e. The van der Waals surface area contributed by atoms with Crippen LogP contribution in [-0.2, 0) is 4.57 Å². The van der Waals surface area contributed by atoms with Crippen molar-refractivity contribution in [1.82, 2.24) is 0 Å². The first-order chi connectivity index (χ1) is 13.3. The minimum Gasteiger partial charge on any atom is -0.313 e. The normalized spacial score (nSPS) is 11.1. The van der Waals surface area contributed by atoms with Gasteiger partial charge in [0.05, 0.1) is 0 Å². The molecule has 0 amide bonds. The van der Waals surface area contributed by atoms with E-state index < -0.39 is 7.80 Å². The van der Waals surface area contributed by atoms with Crippen LogP contribution in [0.15, 0.2) is 79.4 Å². The average molecular weight is 390 g/mol. The van der Waals surface area contributed by atoms with Crippen LogP contribution in [0.4, 0.5) is 0 Å². The highest BCUT2D eigenvalue weighted by molar-refractivity contribution is 7.71. The molecule has 0 N–H and O–H groups in total. The predicted molar refractivity (Wildman–Crippen MR) is 121 cm³/mol. The molecule has 144 valence electrons. The van der Waals surface area contributed by atoms with E-state index in [1.807, 2.05) is 64.1 Å². The minimum absolute atomic E-state index is 0.244. The maximum atomic E-state index is 12.4. The summed E-state index contributed by atoms with van der Waals surface area (Å²) >= 11 is 0. The van der Waals surface area contributed by atoms with Gasteiger partial charge in [-0.05, 0) is 44.4 Å². The Morgan fingerprint density at radius 1 is 0.821 bits per heavy atom. The molecule has 0 fully saturated rings. The molecule has 0 radical (unpaired) electrons. The number of hydrogen-bond acceptors (Lipinski definition) is 2. The van der Waals surface area contributed by atoms with Crippen LogP contribution in [0, 0.1) is 20.8 Å². The molecule has 0 saturated carbocycles. The lowest BCUT2D eigenvalue weighted by Gasteiger charge is -2.10. The van der Waals surface area contributed by atoms with Crippen molar-refractivity contribution in [3.8, 4) is 0 Å². The lowest BCUT2D eigenvalue weighted by molar-refractivity contribution is 0.107. The number of carbonyl (C=O) groups excluding carboxylic acids is 1. The highest BCUT2D eigenvalue weighted by atomic mass is 31.1. The van der Waals surface area contributed by atoms with Crippen molar-refractivity contribution in [3.63, 3.8) is 0 Å². The molecule has 0 heterocycles. The number of hydrogen-bond donors (Lipinski definition) is 0. The summed E-state index contributed by atoms with van der Waals surface area (Å²) in [6.07, 6.45) is 0. The van der Waals surface area contributed by atoms with Gasteiger partial charge in [-0.2, -0.15) is 0 Å². The lowest BCUT2D eigenvalue weighted by Crippen LogP contribution is -2.07. The lowest BCUT2D eigenvalue weighted by atomic mass is 10.0. The van der Waals surface area contributed by atoms with Gasteiger partial charge in [0.15, 0.2) is 7.80 Å². The smallest absolute Gasteiger partial charge is 0.223 e. The van der Waals surface area contributed by atoms with Crippen molar-refractivity contribution in [3.05, 3.63) is 107 Å². The first-order valence-corrected chi connectivity index (χ1v) is 10.6. The fraction of sp³-hybridized carbons (Fsp3) is 0.160. The number of allylic oxidation sites excluding steroid dienone is 1. The summed E-state index contributed by atoms with van der Waals surface area (Å²) in [6, 6.07) is 23.0. The molecule has 0 spiro atoms. The molecule has 0 bridgehead atoms. The van der Waals surface area contributed by atoms with Gasteiger partial charge in [0.1, 0.15) is 0 Å². The highest BCUT2D eigenvalue weighted by Crippen LogP contribution is 2.30. The average Bonchev–Trinajstić information content (AvgIpc) is 2.68. The Bertz CT molecular complexity index is 967. The maximum absolute atomic E-state index is 12.4. The Balaban J connectivity index is 0.000000261. The van der Waals surface area contributed by atoms with Gasteiger partial charge >= 0.3 is 0 Å². The molecule has 0 aliphatic heterocycles. The molecule has 0 aromatic heterocycles. The van der Waals surface area contributed by atoms with Gasteiger partial charge in [-0.15, -0.1) is 0 Å². The van der Waals surface area contributed by atoms with Crippen LogP contribution >= 0.6 is 7.80 Å². The van der Waals surface area contributed by atoms with Crippen LogP contribution < -0.4 is 5.30 Å². The van der Waals surface area contributed by atoms with Gasteiger partial charge in [-0.1, -0.05) is 90.5 Å². The van der Waals surface area contributed by atoms with Crippen molar-refractivity contribution in [2.45, 2.75) is 27.7 Å². The first kappa shape index (κ1) is 21.6. The Hall–Kier alpha value is -2.70. The summed E-state index contributed by atoms with van der Waals surface area (Å²) in [5, 5.41) is 0.622. The van der Waals surface area contributed by atoms with Crippen LogP contribution in [0.3, 0.4) is 0 Å². The SMILES string of the molecule is C=C(C)c1ccccc1.Cc1cc(C)c(C(=O)[PH](=O)c2ccccc2)c(C)c1. The van der Waals surface area contributed by atoms with Crippen molar-refractivity contribution in [1.29, 1.82) is 0 Å². The highest BCUT2D eigenvalue weighted by Gasteiger charge is 2.20. The molecule has 28 heavy (non-hydrogen) atoms. The monoisotopic (exact) mass is 390 g/mol. The molecule has 3 aromatic rings. The third-order valence-electron chi connectivity index (χ3n) is 4.41. The zero-order chi connectivity index (χ0) is 20.7. The third-order valence-corrected chi connectivity index (χ3v) is 5.93. The van der Waals surface area contributed by atoms with E-state index in [0.29, 0.717) is 10.9 Å². The predicted octanol–water partition coefficient (Wildman–Crippen LogP) is 6.36. The van der Waals surface area contributed by atoms with Crippen LogP contribution in [0.2, 0.25) is 0 Å². The molecule has 2 nitrogen and oxygen atoms in total. The Morgan fingerprint density at radius 2 is 1.29 bits per heavy atom. The van der Waals surface area contributed by atoms with Gasteiger partial charge in [0, 0.05) is 10.9 Å². The molecule has 1 unspecified atom stereocenters.